The van der Waals surface area contributed by atoms with Crippen molar-refractivity contribution >= 4 is 77.6 Å². The van der Waals surface area contributed by atoms with Gasteiger partial charge in [-0.2, -0.15) is 0 Å². The molecule has 0 spiro atoms. The zero-order valence-corrected chi connectivity index (χ0v) is 36.9. The van der Waals surface area contributed by atoms with Crippen molar-refractivity contribution in [3.05, 3.63) is 229 Å². The summed E-state index contributed by atoms with van der Waals surface area (Å²) in [5.41, 5.74) is 18.9. The lowest BCUT2D eigenvalue weighted by atomic mass is 9.68. The summed E-state index contributed by atoms with van der Waals surface area (Å²) in [7, 11) is 0. The SMILES string of the molecule is CC1(C)c2ccccc2-c2ccc(N(c3ccccc3)c3ccc4c(c3)C(C)(C)c3cccc5c3c-4cc3ccc(N(c4ccccc4)c4ccc6oc7ccccc7c6c4)cc35)cc21. The third-order valence-corrected chi connectivity index (χ3v) is 14.6. The van der Waals surface area contributed by atoms with Crippen LogP contribution >= 0.6 is 0 Å². The van der Waals surface area contributed by atoms with E-state index in [-0.39, 0.29) is 10.8 Å². The van der Waals surface area contributed by atoms with Crippen molar-refractivity contribution in [1.82, 2.24) is 0 Å². The molecule has 310 valence electrons. The van der Waals surface area contributed by atoms with Crippen LogP contribution in [0.15, 0.2) is 211 Å². The number of rotatable bonds is 6. The number of para-hydroxylation sites is 3. The second-order valence-electron chi connectivity index (χ2n) is 18.9. The topological polar surface area (TPSA) is 19.6 Å². The van der Waals surface area contributed by atoms with Gasteiger partial charge in [-0.25, -0.2) is 0 Å². The summed E-state index contributed by atoms with van der Waals surface area (Å²) < 4.78 is 6.25. The average molecular weight is 835 g/mol. The van der Waals surface area contributed by atoms with Gasteiger partial charge in [0, 0.05) is 55.7 Å². The van der Waals surface area contributed by atoms with Gasteiger partial charge in [-0.1, -0.05) is 143 Å². The Morgan fingerprint density at radius 3 is 1.51 bits per heavy atom. The standard InChI is InChI=1S/C62H46N2O/c1-61(2)54-23-13-11-20-46(54)47-31-28-44(37-56(47)61)64(41-18-9-6-10-19-41)45-29-32-48-53-34-39-26-27-42(35-51(39)50-22-15-24-55(60(50)53)62(3,4)57(48)38-45)63(40-16-7-5-8-17-40)43-30-33-59-52(36-43)49-21-12-14-25-58(49)65-59/h5-38H,1-4H3. The largest absolute Gasteiger partial charge is 0.456 e. The summed E-state index contributed by atoms with van der Waals surface area (Å²) >= 11 is 0. The Morgan fingerprint density at radius 1 is 0.308 bits per heavy atom. The maximum atomic E-state index is 6.25. The van der Waals surface area contributed by atoms with E-state index < -0.39 is 0 Å². The van der Waals surface area contributed by atoms with Crippen LogP contribution in [0.25, 0.3) is 65.7 Å². The molecule has 0 aliphatic heterocycles. The van der Waals surface area contributed by atoms with E-state index in [0.29, 0.717) is 0 Å². The van der Waals surface area contributed by atoms with Gasteiger partial charge in [0.25, 0.3) is 0 Å². The number of hydrogen-bond acceptors (Lipinski definition) is 3. The number of hydrogen-bond donors (Lipinski definition) is 0. The lowest BCUT2D eigenvalue weighted by Crippen LogP contribution is -2.24. The van der Waals surface area contributed by atoms with Crippen molar-refractivity contribution < 1.29 is 4.42 Å². The maximum absolute atomic E-state index is 6.25. The first-order valence-corrected chi connectivity index (χ1v) is 22.7. The number of anilines is 6. The molecular weight excluding hydrogens is 789 g/mol. The molecule has 0 saturated heterocycles. The summed E-state index contributed by atoms with van der Waals surface area (Å²) in [6, 6.07) is 75.9. The van der Waals surface area contributed by atoms with E-state index in [2.05, 4.69) is 232 Å². The van der Waals surface area contributed by atoms with Crippen LogP contribution in [0.3, 0.4) is 0 Å². The van der Waals surface area contributed by atoms with E-state index in [1.807, 2.05) is 12.1 Å². The zero-order chi connectivity index (χ0) is 43.6. The monoisotopic (exact) mass is 834 g/mol. The highest BCUT2D eigenvalue weighted by Crippen LogP contribution is 2.54. The molecule has 0 N–H and O–H groups in total. The Kier molecular flexibility index (Phi) is 8.00. The van der Waals surface area contributed by atoms with Crippen molar-refractivity contribution in [3.63, 3.8) is 0 Å². The first-order chi connectivity index (χ1) is 31.7. The van der Waals surface area contributed by atoms with E-state index in [0.717, 1.165) is 56.1 Å². The minimum atomic E-state index is -0.272. The van der Waals surface area contributed by atoms with Crippen LogP contribution in [0.5, 0.6) is 0 Å². The van der Waals surface area contributed by atoms with Crippen molar-refractivity contribution in [3.8, 4) is 22.3 Å². The first kappa shape index (κ1) is 37.7. The molecule has 0 atom stereocenters. The number of benzene rings is 10. The van der Waals surface area contributed by atoms with Crippen LogP contribution in [0.1, 0.15) is 49.9 Å². The Balaban J connectivity index is 0.961. The van der Waals surface area contributed by atoms with E-state index >= 15 is 0 Å². The lowest BCUT2D eigenvalue weighted by molar-refractivity contribution is 0.645. The fraction of sp³-hybridized carbons (Fsp3) is 0.0968. The zero-order valence-electron chi connectivity index (χ0n) is 36.9. The smallest absolute Gasteiger partial charge is 0.135 e. The molecule has 0 amide bonds. The van der Waals surface area contributed by atoms with Crippen molar-refractivity contribution in [2.75, 3.05) is 9.80 Å². The maximum Gasteiger partial charge on any atom is 0.135 e. The van der Waals surface area contributed by atoms with Crippen molar-refractivity contribution in [2.45, 2.75) is 38.5 Å². The van der Waals surface area contributed by atoms with Gasteiger partial charge in [-0.05, 0) is 157 Å². The molecular formula is C62H46N2O. The molecule has 1 aromatic heterocycles. The Morgan fingerprint density at radius 2 is 0.800 bits per heavy atom. The van der Waals surface area contributed by atoms with E-state index in [1.165, 1.54) is 66.1 Å². The van der Waals surface area contributed by atoms with E-state index in [9.17, 15) is 0 Å². The van der Waals surface area contributed by atoms with Crippen LogP contribution in [0.4, 0.5) is 34.1 Å². The van der Waals surface area contributed by atoms with Gasteiger partial charge in [-0.3, -0.25) is 0 Å². The molecule has 11 aromatic rings. The van der Waals surface area contributed by atoms with Crippen molar-refractivity contribution in [1.29, 1.82) is 0 Å². The summed E-state index contributed by atoms with van der Waals surface area (Å²) in [6.45, 7) is 9.53. The summed E-state index contributed by atoms with van der Waals surface area (Å²) in [5, 5.41) is 7.31. The second kappa shape index (κ2) is 13.8. The molecule has 2 aliphatic rings. The van der Waals surface area contributed by atoms with Gasteiger partial charge < -0.3 is 14.2 Å². The van der Waals surface area contributed by atoms with Gasteiger partial charge >= 0.3 is 0 Å². The highest BCUT2D eigenvalue weighted by molar-refractivity contribution is 6.18. The molecule has 2 aliphatic carbocycles. The van der Waals surface area contributed by atoms with Gasteiger partial charge in [0.1, 0.15) is 11.2 Å². The minimum Gasteiger partial charge on any atom is -0.456 e. The summed E-state index contributed by atoms with van der Waals surface area (Å²) in [4.78, 5) is 4.81. The average Bonchev–Trinajstić information content (AvgIpc) is 3.82. The Labute approximate surface area is 379 Å². The van der Waals surface area contributed by atoms with Gasteiger partial charge in [0.2, 0.25) is 0 Å². The molecule has 3 heteroatoms. The molecule has 3 nitrogen and oxygen atoms in total. The Bertz CT molecular complexity index is 3730. The molecule has 0 bridgehead atoms. The van der Waals surface area contributed by atoms with Crippen LogP contribution < -0.4 is 9.80 Å². The van der Waals surface area contributed by atoms with Crippen LogP contribution in [-0.4, -0.2) is 0 Å². The van der Waals surface area contributed by atoms with Gasteiger partial charge in [-0.15, -0.1) is 0 Å². The van der Waals surface area contributed by atoms with Crippen LogP contribution in [0, 0.1) is 0 Å². The summed E-state index contributed by atoms with van der Waals surface area (Å²) in [5.74, 6) is 0. The van der Waals surface area contributed by atoms with Gasteiger partial charge in [0.05, 0.1) is 0 Å². The molecule has 1 heterocycles. The molecule has 10 aromatic carbocycles. The van der Waals surface area contributed by atoms with Crippen LogP contribution in [0.2, 0.25) is 0 Å². The number of nitrogens with zero attached hydrogens (tertiary/aromatic N) is 2. The first-order valence-electron chi connectivity index (χ1n) is 22.7. The molecule has 0 unspecified atom stereocenters. The van der Waals surface area contributed by atoms with Crippen LogP contribution in [-0.2, 0) is 10.8 Å². The highest BCUT2D eigenvalue weighted by Gasteiger charge is 2.37. The van der Waals surface area contributed by atoms with E-state index in [1.54, 1.807) is 0 Å². The lowest BCUT2D eigenvalue weighted by Gasteiger charge is -2.37. The predicted octanol–water partition coefficient (Wildman–Crippen LogP) is 17.4. The number of fused-ring (bicyclic) bond motifs is 10. The molecule has 65 heavy (non-hydrogen) atoms. The second-order valence-corrected chi connectivity index (χ2v) is 18.9. The fourth-order valence-electron chi connectivity index (χ4n) is 11.4. The number of furan rings is 1. The highest BCUT2D eigenvalue weighted by atomic mass is 16.3. The van der Waals surface area contributed by atoms with Crippen molar-refractivity contribution in [2.24, 2.45) is 0 Å². The third kappa shape index (κ3) is 5.55. The molecule has 13 rings (SSSR count). The third-order valence-electron chi connectivity index (χ3n) is 14.6. The quantitative estimate of drug-likeness (QED) is 0.156. The minimum absolute atomic E-state index is 0.0994. The molecule has 0 fully saturated rings. The molecule has 0 radical (unpaired) electrons. The summed E-state index contributed by atoms with van der Waals surface area (Å²) in [6.07, 6.45) is 0. The predicted molar refractivity (Wildman–Crippen MR) is 273 cm³/mol. The normalized spacial score (nSPS) is 14.1. The van der Waals surface area contributed by atoms with E-state index in [4.69, 9.17) is 4.42 Å². The Hall–Kier alpha value is -7.88. The fourth-order valence-corrected chi connectivity index (χ4v) is 11.4. The van der Waals surface area contributed by atoms with Gasteiger partial charge in [0.15, 0.2) is 0 Å². The molecule has 0 saturated carbocycles.